The second-order valence-electron chi connectivity index (χ2n) is 10.5. The highest BCUT2D eigenvalue weighted by Gasteiger charge is 2.15. The van der Waals surface area contributed by atoms with Crippen LogP contribution in [0.2, 0.25) is 0 Å². The third-order valence-electron chi connectivity index (χ3n) is 6.77. The van der Waals surface area contributed by atoms with Gasteiger partial charge in [0.25, 0.3) is 0 Å². The van der Waals surface area contributed by atoms with Gasteiger partial charge >= 0.3 is 0 Å². The highest BCUT2D eigenvalue weighted by Crippen LogP contribution is 2.21. The van der Waals surface area contributed by atoms with Gasteiger partial charge in [0, 0.05) is 34.5 Å². The summed E-state index contributed by atoms with van der Waals surface area (Å²) in [6.07, 6.45) is 12.2. The predicted molar refractivity (Wildman–Crippen MR) is 170 cm³/mol. The van der Waals surface area contributed by atoms with Crippen molar-refractivity contribution in [3.8, 4) is 0 Å². The zero-order valence-electron chi connectivity index (χ0n) is 24.0. The van der Waals surface area contributed by atoms with Gasteiger partial charge in [0.15, 0.2) is 0 Å². The van der Waals surface area contributed by atoms with Crippen LogP contribution < -0.4 is 16.0 Å². The summed E-state index contributed by atoms with van der Waals surface area (Å²) in [6.45, 7) is 23.0. The number of benzene rings is 1. The van der Waals surface area contributed by atoms with Crippen LogP contribution in [0.25, 0.3) is 0 Å². The second kappa shape index (κ2) is 19.3. The molecule has 1 unspecified atom stereocenters. The van der Waals surface area contributed by atoms with E-state index < -0.39 is 0 Å². The van der Waals surface area contributed by atoms with Gasteiger partial charge in [-0.25, -0.2) is 0 Å². The summed E-state index contributed by atoms with van der Waals surface area (Å²) in [6, 6.07) is 4.67. The smallest absolute Gasteiger partial charge is 0.219 e. The average molecular weight is 622 g/mol. The predicted octanol–water partition coefficient (Wildman–Crippen LogP) is 8.03. The van der Waals surface area contributed by atoms with Gasteiger partial charge in [-0.3, -0.25) is 4.79 Å². The van der Waals surface area contributed by atoms with E-state index in [1.54, 1.807) is 0 Å². The summed E-state index contributed by atoms with van der Waals surface area (Å²) in [5.74, 6) is 0.195. The lowest BCUT2D eigenvalue weighted by Crippen LogP contribution is -2.37. The molecule has 4 nitrogen and oxygen atoms in total. The Bertz CT molecular complexity index is 854. The van der Waals surface area contributed by atoms with Crippen molar-refractivity contribution < 1.29 is 4.79 Å². The highest BCUT2D eigenvalue weighted by atomic mass is 127. The number of carbonyl (C=O) groups excluding carboxylic acids is 1. The Morgan fingerprint density at radius 1 is 0.892 bits per heavy atom. The van der Waals surface area contributed by atoms with E-state index in [2.05, 4.69) is 98.1 Å². The zero-order valence-corrected chi connectivity index (χ0v) is 26.2. The molecule has 0 aliphatic rings. The molecule has 0 aliphatic carbocycles. The maximum atomic E-state index is 11.9. The van der Waals surface area contributed by atoms with Crippen LogP contribution in [-0.4, -0.2) is 25.0 Å². The summed E-state index contributed by atoms with van der Waals surface area (Å²) in [5.41, 5.74) is 7.28. The first kappa shape index (κ1) is 33.3. The topological polar surface area (TPSA) is 53.2 Å². The molecule has 37 heavy (non-hydrogen) atoms. The van der Waals surface area contributed by atoms with Gasteiger partial charge in [0.2, 0.25) is 5.91 Å². The molecule has 5 heteroatoms. The molecule has 1 rings (SSSR count). The Hall–Kier alpha value is -1.76. The third kappa shape index (κ3) is 15.3. The highest BCUT2D eigenvalue weighted by molar-refractivity contribution is 14.1. The van der Waals surface area contributed by atoms with Gasteiger partial charge in [-0.05, 0) is 111 Å². The fraction of sp³-hybridized carbons (Fsp3) is 0.594. The van der Waals surface area contributed by atoms with Gasteiger partial charge in [-0.1, -0.05) is 57.4 Å². The van der Waals surface area contributed by atoms with E-state index in [4.69, 9.17) is 0 Å². The van der Waals surface area contributed by atoms with E-state index in [-0.39, 0.29) is 11.9 Å². The van der Waals surface area contributed by atoms with Crippen LogP contribution in [0.3, 0.4) is 0 Å². The first-order valence-corrected chi connectivity index (χ1v) is 15.3. The number of rotatable bonds is 21. The Balaban J connectivity index is 2.51. The van der Waals surface area contributed by atoms with E-state index in [0.29, 0.717) is 6.42 Å². The Morgan fingerprint density at radius 3 is 2.22 bits per heavy atom. The summed E-state index contributed by atoms with van der Waals surface area (Å²) >= 11 is 2.43. The molecule has 0 spiro atoms. The number of amides is 1. The number of hydrogen-bond donors (Lipinski definition) is 3. The van der Waals surface area contributed by atoms with E-state index in [0.717, 1.165) is 82.3 Å². The molecular weight excluding hydrogens is 569 g/mol. The quantitative estimate of drug-likeness (QED) is 0.0740. The van der Waals surface area contributed by atoms with Crippen LogP contribution in [-0.2, 0) is 11.2 Å². The van der Waals surface area contributed by atoms with Crippen LogP contribution >= 0.6 is 22.6 Å². The van der Waals surface area contributed by atoms with Gasteiger partial charge in [0.1, 0.15) is 0 Å². The van der Waals surface area contributed by atoms with Crippen molar-refractivity contribution in [2.45, 2.75) is 111 Å². The Morgan fingerprint density at radius 2 is 1.57 bits per heavy atom. The first-order chi connectivity index (χ1) is 17.6. The lowest BCUT2D eigenvalue weighted by Gasteiger charge is -2.25. The maximum absolute atomic E-state index is 11.9. The van der Waals surface area contributed by atoms with Gasteiger partial charge in [0.05, 0.1) is 6.04 Å². The van der Waals surface area contributed by atoms with Gasteiger partial charge in [-0.2, -0.15) is 0 Å². The van der Waals surface area contributed by atoms with Crippen molar-refractivity contribution in [2.24, 2.45) is 0 Å². The molecule has 1 aromatic carbocycles. The monoisotopic (exact) mass is 621 g/mol. The number of allylic oxidation sites excluding steroid dienone is 2. The van der Waals surface area contributed by atoms with Crippen molar-refractivity contribution in [1.82, 2.24) is 16.0 Å². The van der Waals surface area contributed by atoms with Crippen molar-refractivity contribution in [3.63, 3.8) is 0 Å². The number of unbranched alkanes of at least 4 members (excludes halogenated alkanes) is 5. The molecule has 0 aliphatic heterocycles. The molecule has 1 amide bonds. The molecule has 208 valence electrons. The van der Waals surface area contributed by atoms with Crippen LogP contribution in [0, 0.1) is 17.4 Å². The molecular formula is C32H52IN3O. The zero-order chi connectivity index (χ0) is 27.6. The van der Waals surface area contributed by atoms with Crippen molar-refractivity contribution in [2.75, 3.05) is 13.1 Å². The molecule has 0 aromatic heterocycles. The lowest BCUT2D eigenvalue weighted by atomic mass is 9.99. The number of aryl methyl sites for hydroxylation is 1. The number of nitrogens with one attached hydrogen (secondary N) is 3. The summed E-state index contributed by atoms with van der Waals surface area (Å²) in [5, 5.41) is 10.2. The fourth-order valence-corrected chi connectivity index (χ4v) is 5.08. The number of carbonyl (C=O) groups is 1. The standard InChI is InChI=1S/C32H52IN3O/c1-8-9-14-19-35-32(37)18-13-11-10-12-17-26(5)36-31(28(7)34-20-15-16-24(2)3)23-29-21-25(4)27(6)30(33)22-29/h21-22,31,34,36H,2,5,7-20,23H2,1,3-4,6H3,(H,35,37). The minimum atomic E-state index is 0.0895. The van der Waals surface area contributed by atoms with E-state index >= 15 is 0 Å². The molecule has 1 atom stereocenters. The summed E-state index contributed by atoms with van der Waals surface area (Å²) < 4.78 is 1.31. The first-order valence-electron chi connectivity index (χ1n) is 14.2. The minimum Gasteiger partial charge on any atom is -0.387 e. The van der Waals surface area contributed by atoms with E-state index in [1.165, 1.54) is 38.7 Å². The third-order valence-corrected chi connectivity index (χ3v) is 7.89. The lowest BCUT2D eigenvalue weighted by molar-refractivity contribution is -0.121. The van der Waals surface area contributed by atoms with Crippen LogP contribution in [0.5, 0.6) is 0 Å². The summed E-state index contributed by atoms with van der Waals surface area (Å²) in [4.78, 5) is 11.9. The Labute approximate surface area is 241 Å². The number of halogens is 1. The molecule has 0 saturated carbocycles. The van der Waals surface area contributed by atoms with Crippen LogP contribution in [0.4, 0.5) is 0 Å². The van der Waals surface area contributed by atoms with Crippen molar-refractivity contribution in [1.29, 1.82) is 0 Å². The SMILES string of the molecule is C=C(C)CCCNC(=C)C(Cc1cc(C)c(C)c(I)c1)NC(=C)CCCCCCC(=O)NCCCCC. The van der Waals surface area contributed by atoms with Gasteiger partial charge in [-0.15, -0.1) is 6.58 Å². The van der Waals surface area contributed by atoms with Crippen molar-refractivity contribution in [3.05, 3.63) is 69.1 Å². The largest absolute Gasteiger partial charge is 0.387 e. The van der Waals surface area contributed by atoms with Gasteiger partial charge < -0.3 is 16.0 Å². The molecule has 3 N–H and O–H groups in total. The van der Waals surface area contributed by atoms with E-state index in [1.807, 2.05) is 0 Å². The summed E-state index contributed by atoms with van der Waals surface area (Å²) in [7, 11) is 0. The van der Waals surface area contributed by atoms with Crippen LogP contribution in [0.1, 0.15) is 101 Å². The molecule has 0 fully saturated rings. The normalized spacial score (nSPS) is 11.6. The fourth-order valence-electron chi connectivity index (χ4n) is 4.25. The number of hydrogen-bond acceptors (Lipinski definition) is 3. The maximum Gasteiger partial charge on any atom is 0.219 e. The molecule has 0 saturated heterocycles. The van der Waals surface area contributed by atoms with Crippen molar-refractivity contribution >= 4 is 28.5 Å². The molecule has 0 radical (unpaired) electrons. The van der Waals surface area contributed by atoms with Crippen LogP contribution in [0.15, 0.2) is 48.8 Å². The average Bonchev–Trinajstić information content (AvgIpc) is 2.84. The minimum absolute atomic E-state index is 0.0895. The molecule has 0 heterocycles. The van der Waals surface area contributed by atoms with E-state index in [9.17, 15) is 4.79 Å². The molecule has 1 aromatic rings. The molecule has 0 bridgehead atoms. The Kier molecular flexibility index (Phi) is 17.4. The second-order valence-corrected chi connectivity index (χ2v) is 11.7.